The average molecular weight is 492 g/mol. The van der Waals surface area contributed by atoms with Gasteiger partial charge in [0.05, 0.1) is 0 Å². The molecule has 188 valence electrons. The van der Waals surface area contributed by atoms with Gasteiger partial charge in [0, 0.05) is 0 Å². The second-order valence-electron chi connectivity index (χ2n) is 10.1. The topological polar surface area (TPSA) is 27.7 Å². The van der Waals surface area contributed by atoms with Crippen molar-refractivity contribution in [3.63, 3.8) is 0 Å². The van der Waals surface area contributed by atoms with Gasteiger partial charge in [-0.05, 0) is 0 Å². The molecule has 0 aliphatic heterocycles. The number of hydrogen-bond acceptors (Lipinski definition) is 3. The molecule has 0 heterocycles. The van der Waals surface area contributed by atoms with Crippen LogP contribution in [0.1, 0.15) is 37.5 Å². The van der Waals surface area contributed by atoms with E-state index in [2.05, 4.69) is 101 Å². The Hall–Kier alpha value is -1.97. The monoisotopic (exact) mass is 492 g/mol. The minimum atomic E-state index is -1.85. The van der Waals surface area contributed by atoms with Crippen molar-refractivity contribution in [2.75, 3.05) is 19.8 Å². The molecule has 3 nitrogen and oxygen atoms in total. The van der Waals surface area contributed by atoms with Gasteiger partial charge in [-0.3, -0.25) is 0 Å². The van der Waals surface area contributed by atoms with Crippen molar-refractivity contribution in [2.45, 2.75) is 57.6 Å². The van der Waals surface area contributed by atoms with E-state index in [-0.39, 0.29) is 0 Å². The maximum absolute atomic E-state index is 6.23. The maximum atomic E-state index is 6.23. The van der Waals surface area contributed by atoms with E-state index >= 15 is 0 Å². The van der Waals surface area contributed by atoms with Crippen LogP contribution in [0.5, 0.6) is 0 Å². The Labute approximate surface area is 213 Å². The summed E-state index contributed by atoms with van der Waals surface area (Å²) in [5.74, 6) is 0. The zero-order valence-electron chi connectivity index (χ0n) is 21.9. The molecule has 0 unspecified atom stereocenters. The molecule has 0 N–H and O–H groups in total. The van der Waals surface area contributed by atoms with Crippen molar-refractivity contribution >= 4 is 14.7 Å². The molecule has 35 heavy (non-hydrogen) atoms. The molecule has 0 amide bonds. The number of hydrogen-bond donors (Lipinski definition) is 0. The van der Waals surface area contributed by atoms with Gasteiger partial charge < -0.3 is 0 Å². The fourth-order valence-corrected chi connectivity index (χ4v) is 9.12. The van der Waals surface area contributed by atoms with Crippen LogP contribution in [-0.2, 0) is 34.0 Å². The molecule has 3 aromatic rings. The minimum absolute atomic E-state index is 0.483. The van der Waals surface area contributed by atoms with Gasteiger partial charge in [0.2, 0.25) is 0 Å². The molecule has 0 saturated carbocycles. The number of benzene rings is 3. The quantitative estimate of drug-likeness (QED) is 0.190. The summed E-state index contributed by atoms with van der Waals surface area (Å²) in [5.41, 5.74) is 5.12. The van der Waals surface area contributed by atoms with Gasteiger partial charge in [-0.1, -0.05) is 0 Å². The van der Waals surface area contributed by atoms with E-state index in [0.29, 0.717) is 36.8 Å². The SMILES string of the molecule is B[PH]([C@H](C)COCc1ccccc1)([C@H](C)COCc1ccccc1)[C@H](C)COCc1ccccc1. The van der Waals surface area contributed by atoms with E-state index in [4.69, 9.17) is 14.2 Å². The van der Waals surface area contributed by atoms with Crippen LogP contribution in [-0.4, -0.2) is 44.4 Å². The van der Waals surface area contributed by atoms with Crippen molar-refractivity contribution < 1.29 is 14.2 Å². The molecule has 3 aromatic carbocycles. The Morgan fingerprint density at radius 2 is 0.771 bits per heavy atom. The second-order valence-corrected chi connectivity index (χ2v) is 15.8. The summed E-state index contributed by atoms with van der Waals surface area (Å²) in [5, 5.41) is 0. The molecule has 0 aliphatic rings. The van der Waals surface area contributed by atoms with Crippen LogP contribution in [0.25, 0.3) is 0 Å². The first-order valence-corrected chi connectivity index (χ1v) is 15.6. The molecule has 0 aliphatic carbocycles. The zero-order valence-corrected chi connectivity index (χ0v) is 22.9. The van der Waals surface area contributed by atoms with Crippen molar-refractivity contribution in [1.82, 2.24) is 0 Å². The third kappa shape index (κ3) is 8.58. The molecular weight excluding hydrogens is 450 g/mol. The average Bonchev–Trinajstić information content (AvgIpc) is 2.89. The van der Waals surface area contributed by atoms with Gasteiger partial charge in [-0.15, -0.1) is 0 Å². The van der Waals surface area contributed by atoms with Gasteiger partial charge in [-0.2, -0.15) is 0 Å². The van der Waals surface area contributed by atoms with Crippen molar-refractivity contribution in [3.05, 3.63) is 108 Å². The zero-order chi connectivity index (χ0) is 24.9. The Kier molecular flexibility index (Phi) is 11.5. The second kappa shape index (κ2) is 14.6. The third-order valence-corrected chi connectivity index (χ3v) is 14.5. The Morgan fingerprint density at radius 3 is 1.03 bits per heavy atom. The fraction of sp³-hybridized carbons (Fsp3) is 0.400. The number of ether oxygens (including phenoxy) is 3. The molecule has 0 saturated heterocycles. The molecule has 0 spiro atoms. The van der Waals surface area contributed by atoms with E-state index in [1.807, 2.05) is 18.2 Å². The van der Waals surface area contributed by atoms with Crippen LogP contribution in [0.15, 0.2) is 91.0 Å². The molecular formula is C30H42BO3P. The summed E-state index contributed by atoms with van der Waals surface area (Å²) in [6.45, 7) is 11.4. The van der Waals surface area contributed by atoms with E-state index in [1.165, 1.54) is 16.7 Å². The van der Waals surface area contributed by atoms with E-state index in [1.54, 1.807) is 0 Å². The van der Waals surface area contributed by atoms with Crippen LogP contribution < -0.4 is 0 Å². The molecule has 3 rings (SSSR count). The summed E-state index contributed by atoms with van der Waals surface area (Å²) in [4.78, 5) is 0. The molecule has 0 radical (unpaired) electrons. The predicted octanol–water partition coefficient (Wildman–Crippen LogP) is 6.10. The fourth-order valence-electron chi connectivity index (χ4n) is 4.78. The van der Waals surface area contributed by atoms with E-state index in [0.717, 1.165) is 19.8 Å². The summed E-state index contributed by atoms with van der Waals surface area (Å²) in [6, 6.07) is 31.3. The number of rotatable bonds is 15. The van der Waals surface area contributed by atoms with Crippen molar-refractivity contribution in [2.24, 2.45) is 0 Å². The Morgan fingerprint density at radius 1 is 0.514 bits per heavy atom. The Balaban J connectivity index is 1.60. The van der Waals surface area contributed by atoms with Crippen LogP contribution >= 0.6 is 7.14 Å². The molecule has 0 fully saturated rings. The molecule has 3 atom stereocenters. The Bertz CT molecular complexity index is 830. The summed E-state index contributed by atoms with van der Waals surface area (Å²) in [6.07, 6.45) is 0. The molecule has 0 bridgehead atoms. The normalized spacial score (nSPS) is 14.8. The predicted molar refractivity (Wildman–Crippen MR) is 154 cm³/mol. The van der Waals surface area contributed by atoms with Gasteiger partial charge in [0.15, 0.2) is 0 Å². The first-order valence-electron chi connectivity index (χ1n) is 12.8. The van der Waals surface area contributed by atoms with E-state index < -0.39 is 7.14 Å². The van der Waals surface area contributed by atoms with Crippen LogP contribution in [0.2, 0.25) is 0 Å². The van der Waals surface area contributed by atoms with Gasteiger partial charge >= 0.3 is 214 Å². The van der Waals surface area contributed by atoms with Crippen LogP contribution in [0.4, 0.5) is 0 Å². The van der Waals surface area contributed by atoms with Gasteiger partial charge in [0.25, 0.3) is 0 Å². The van der Waals surface area contributed by atoms with Gasteiger partial charge in [-0.25, -0.2) is 0 Å². The summed E-state index contributed by atoms with van der Waals surface area (Å²) in [7, 11) is 0.675. The first-order chi connectivity index (χ1) is 17.0. The van der Waals surface area contributed by atoms with Crippen LogP contribution in [0, 0.1) is 0 Å². The van der Waals surface area contributed by atoms with E-state index in [9.17, 15) is 0 Å². The van der Waals surface area contributed by atoms with Crippen molar-refractivity contribution in [3.8, 4) is 0 Å². The third-order valence-electron chi connectivity index (χ3n) is 7.62. The first kappa shape index (κ1) is 27.6. The summed E-state index contributed by atoms with van der Waals surface area (Å²) >= 11 is 0. The van der Waals surface area contributed by atoms with Crippen LogP contribution in [0.3, 0.4) is 0 Å². The van der Waals surface area contributed by atoms with Gasteiger partial charge in [0.1, 0.15) is 0 Å². The molecule has 0 aromatic heterocycles. The molecule has 5 heteroatoms. The van der Waals surface area contributed by atoms with Crippen molar-refractivity contribution in [1.29, 1.82) is 0 Å². The summed E-state index contributed by atoms with van der Waals surface area (Å²) < 4.78 is 18.7. The standard InChI is InChI=1S/C30H42BO3P/c1-25(19-32-22-28-13-7-4-8-14-28)35(31,26(2)20-33-23-29-15-9-5-10-16-29)27(3)21-34-24-30-17-11-6-12-18-30/h4-18,25-27,35H,19-24,31H2,1-3H3/t25-,26-,27-/m1/s1.